The van der Waals surface area contributed by atoms with Crippen molar-refractivity contribution in [2.45, 2.75) is 51.9 Å². The van der Waals surface area contributed by atoms with Gasteiger partial charge in [0.15, 0.2) is 0 Å². The Morgan fingerprint density at radius 1 is 0.833 bits per heavy atom. The standard InChI is InChI=1S/C22H31NO/c1-2-3-4-5-9-18-24-22-16-10-15-21(19-22)23-17-11-14-20-12-7-6-8-13-20/h6-8,10,12-13,15-16,19,23H,2-5,9,11,14,17-18H2,1H3. The number of rotatable bonds is 12. The van der Waals surface area contributed by atoms with Crippen LogP contribution in [0.15, 0.2) is 54.6 Å². The second-order valence-electron chi connectivity index (χ2n) is 6.31. The fourth-order valence-corrected chi connectivity index (χ4v) is 2.76. The Balaban J connectivity index is 1.63. The summed E-state index contributed by atoms with van der Waals surface area (Å²) in [6, 6.07) is 19.0. The van der Waals surface area contributed by atoms with Gasteiger partial charge in [-0.25, -0.2) is 0 Å². The first-order valence-electron chi connectivity index (χ1n) is 9.39. The molecular formula is C22H31NO. The molecule has 0 aromatic heterocycles. The van der Waals surface area contributed by atoms with Crippen molar-refractivity contribution in [1.82, 2.24) is 0 Å². The maximum Gasteiger partial charge on any atom is 0.121 e. The molecule has 2 aromatic rings. The van der Waals surface area contributed by atoms with E-state index < -0.39 is 0 Å². The molecule has 0 saturated heterocycles. The molecule has 130 valence electrons. The predicted octanol–water partition coefficient (Wildman–Crippen LogP) is 6.08. The molecule has 0 aliphatic carbocycles. The summed E-state index contributed by atoms with van der Waals surface area (Å²) in [6.45, 7) is 4.05. The number of unbranched alkanes of at least 4 members (excludes halogenated alkanes) is 4. The predicted molar refractivity (Wildman–Crippen MR) is 104 cm³/mol. The van der Waals surface area contributed by atoms with Crippen molar-refractivity contribution in [1.29, 1.82) is 0 Å². The molecule has 0 aliphatic rings. The molecule has 1 N–H and O–H groups in total. The molecule has 2 rings (SSSR count). The van der Waals surface area contributed by atoms with Gasteiger partial charge in [0.2, 0.25) is 0 Å². The number of benzene rings is 2. The van der Waals surface area contributed by atoms with Gasteiger partial charge < -0.3 is 10.1 Å². The minimum atomic E-state index is 0.821. The van der Waals surface area contributed by atoms with Gasteiger partial charge in [-0.1, -0.05) is 69.0 Å². The van der Waals surface area contributed by atoms with Crippen LogP contribution >= 0.6 is 0 Å². The molecule has 0 saturated carbocycles. The van der Waals surface area contributed by atoms with Crippen LogP contribution < -0.4 is 10.1 Å². The lowest BCUT2D eigenvalue weighted by Gasteiger charge is -2.10. The van der Waals surface area contributed by atoms with Crippen molar-refractivity contribution in [3.05, 3.63) is 60.2 Å². The Morgan fingerprint density at radius 2 is 1.67 bits per heavy atom. The number of hydrogen-bond donors (Lipinski definition) is 1. The third kappa shape index (κ3) is 7.54. The molecule has 0 aliphatic heterocycles. The Hall–Kier alpha value is -1.96. The number of ether oxygens (including phenoxy) is 1. The fourth-order valence-electron chi connectivity index (χ4n) is 2.76. The van der Waals surface area contributed by atoms with E-state index in [-0.39, 0.29) is 0 Å². The van der Waals surface area contributed by atoms with E-state index in [2.05, 4.69) is 60.8 Å². The van der Waals surface area contributed by atoms with Crippen LogP contribution in [0.3, 0.4) is 0 Å². The van der Waals surface area contributed by atoms with Crippen LogP contribution in [0.25, 0.3) is 0 Å². The Kier molecular flexibility index (Phi) is 8.85. The summed E-state index contributed by atoms with van der Waals surface area (Å²) in [7, 11) is 0. The van der Waals surface area contributed by atoms with Gasteiger partial charge in [-0.3, -0.25) is 0 Å². The largest absolute Gasteiger partial charge is 0.494 e. The topological polar surface area (TPSA) is 21.3 Å². The number of aryl methyl sites for hydroxylation is 1. The lowest BCUT2D eigenvalue weighted by atomic mass is 10.1. The zero-order valence-electron chi connectivity index (χ0n) is 15.0. The van der Waals surface area contributed by atoms with Crippen LogP contribution in [0, 0.1) is 0 Å². The van der Waals surface area contributed by atoms with Gasteiger partial charge in [0.1, 0.15) is 5.75 Å². The third-order valence-electron chi connectivity index (χ3n) is 4.16. The van der Waals surface area contributed by atoms with Crippen LogP contribution in [-0.4, -0.2) is 13.2 Å². The van der Waals surface area contributed by atoms with Gasteiger partial charge in [0.25, 0.3) is 0 Å². The van der Waals surface area contributed by atoms with E-state index in [9.17, 15) is 0 Å². The SMILES string of the molecule is CCCCCCCOc1cccc(NCCCc2ccccc2)c1. The highest BCUT2D eigenvalue weighted by Crippen LogP contribution is 2.18. The van der Waals surface area contributed by atoms with Gasteiger partial charge >= 0.3 is 0 Å². The molecule has 2 nitrogen and oxygen atoms in total. The smallest absolute Gasteiger partial charge is 0.121 e. The fraction of sp³-hybridized carbons (Fsp3) is 0.455. The maximum absolute atomic E-state index is 5.86. The lowest BCUT2D eigenvalue weighted by molar-refractivity contribution is 0.304. The molecule has 0 bridgehead atoms. The van der Waals surface area contributed by atoms with Crippen molar-refractivity contribution >= 4 is 5.69 Å². The number of nitrogens with one attached hydrogen (secondary N) is 1. The Labute approximate surface area is 147 Å². The second-order valence-corrected chi connectivity index (χ2v) is 6.31. The molecule has 0 spiro atoms. The third-order valence-corrected chi connectivity index (χ3v) is 4.16. The first-order valence-corrected chi connectivity index (χ1v) is 9.39. The van der Waals surface area contributed by atoms with E-state index >= 15 is 0 Å². The average Bonchev–Trinajstić information content (AvgIpc) is 2.63. The van der Waals surface area contributed by atoms with Crippen molar-refractivity contribution in [3.8, 4) is 5.75 Å². The summed E-state index contributed by atoms with van der Waals surface area (Å²) in [5.74, 6) is 0.971. The zero-order chi connectivity index (χ0) is 16.9. The molecule has 0 atom stereocenters. The molecular weight excluding hydrogens is 294 g/mol. The molecule has 2 aromatic carbocycles. The molecule has 0 heterocycles. The summed E-state index contributed by atoms with van der Waals surface area (Å²) >= 11 is 0. The van der Waals surface area contributed by atoms with Crippen LogP contribution in [0.5, 0.6) is 5.75 Å². The highest BCUT2D eigenvalue weighted by molar-refractivity contribution is 5.48. The van der Waals surface area contributed by atoms with Crippen molar-refractivity contribution < 1.29 is 4.74 Å². The Bertz CT molecular complexity index is 553. The summed E-state index contributed by atoms with van der Waals surface area (Å²) in [4.78, 5) is 0. The van der Waals surface area contributed by atoms with Crippen molar-refractivity contribution in [2.24, 2.45) is 0 Å². The first kappa shape index (κ1) is 18.4. The molecule has 0 radical (unpaired) electrons. The number of hydrogen-bond acceptors (Lipinski definition) is 2. The van der Waals surface area contributed by atoms with E-state index in [0.29, 0.717) is 0 Å². The van der Waals surface area contributed by atoms with E-state index in [1.165, 1.54) is 31.2 Å². The average molecular weight is 325 g/mol. The summed E-state index contributed by atoms with van der Waals surface area (Å²) < 4.78 is 5.86. The first-order chi connectivity index (χ1) is 11.9. The van der Waals surface area contributed by atoms with Crippen molar-refractivity contribution in [2.75, 3.05) is 18.5 Å². The monoisotopic (exact) mass is 325 g/mol. The van der Waals surface area contributed by atoms with Crippen LogP contribution in [0.4, 0.5) is 5.69 Å². The minimum Gasteiger partial charge on any atom is -0.494 e. The van der Waals surface area contributed by atoms with E-state index in [1.54, 1.807) is 0 Å². The van der Waals surface area contributed by atoms with E-state index in [1.807, 2.05) is 6.07 Å². The molecule has 0 amide bonds. The Morgan fingerprint density at radius 3 is 2.50 bits per heavy atom. The normalized spacial score (nSPS) is 10.5. The van der Waals surface area contributed by atoms with Gasteiger partial charge in [-0.2, -0.15) is 0 Å². The van der Waals surface area contributed by atoms with E-state index in [0.717, 1.165) is 43.9 Å². The zero-order valence-corrected chi connectivity index (χ0v) is 15.0. The highest BCUT2D eigenvalue weighted by Gasteiger charge is 1.98. The van der Waals surface area contributed by atoms with Crippen LogP contribution in [0.2, 0.25) is 0 Å². The van der Waals surface area contributed by atoms with Crippen molar-refractivity contribution in [3.63, 3.8) is 0 Å². The summed E-state index contributed by atoms with van der Waals surface area (Å²) in [5, 5.41) is 3.49. The molecule has 0 unspecified atom stereocenters. The summed E-state index contributed by atoms with van der Waals surface area (Å²) in [6.07, 6.45) is 8.61. The second kappa shape index (κ2) is 11.6. The van der Waals surface area contributed by atoms with Crippen LogP contribution in [-0.2, 0) is 6.42 Å². The molecule has 0 fully saturated rings. The van der Waals surface area contributed by atoms with Gasteiger partial charge in [0, 0.05) is 18.3 Å². The molecule has 2 heteroatoms. The highest BCUT2D eigenvalue weighted by atomic mass is 16.5. The maximum atomic E-state index is 5.86. The van der Waals surface area contributed by atoms with E-state index in [4.69, 9.17) is 4.74 Å². The van der Waals surface area contributed by atoms with Crippen LogP contribution in [0.1, 0.15) is 51.0 Å². The summed E-state index contributed by atoms with van der Waals surface area (Å²) in [5.41, 5.74) is 2.55. The minimum absolute atomic E-state index is 0.821. The quantitative estimate of drug-likeness (QED) is 0.477. The molecule has 24 heavy (non-hydrogen) atoms. The lowest BCUT2D eigenvalue weighted by Crippen LogP contribution is -2.03. The van der Waals surface area contributed by atoms with Gasteiger partial charge in [0.05, 0.1) is 6.61 Å². The number of anilines is 1. The van der Waals surface area contributed by atoms with Gasteiger partial charge in [-0.15, -0.1) is 0 Å². The van der Waals surface area contributed by atoms with Gasteiger partial charge in [-0.05, 0) is 37.0 Å².